The fourth-order valence-electron chi connectivity index (χ4n) is 3.03. The summed E-state index contributed by atoms with van der Waals surface area (Å²) in [5.41, 5.74) is 2.57. The molecule has 0 radical (unpaired) electrons. The van der Waals surface area contributed by atoms with Gasteiger partial charge in [0.25, 0.3) is 0 Å². The summed E-state index contributed by atoms with van der Waals surface area (Å²) in [6.45, 7) is 2.36. The van der Waals surface area contributed by atoms with Crippen molar-refractivity contribution in [2.24, 2.45) is 0 Å². The van der Waals surface area contributed by atoms with E-state index in [4.69, 9.17) is 4.74 Å². The maximum Gasteiger partial charge on any atom is 0.341 e. The van der Waals surface area contributed by atoms with E-state index in [2.05, 4.69) is 5.32 Å². The molecule has 0 atom stereocenters. The molecule has 0 saturated carbocycles. The SMILES string of the molecule is CCCOC(=O)c1c(NC(=O)C=Cc2ccccc2)sc2c1CCCC2. The second-order valence-corrected chi connectivity index (χ2v) is 7.39. The number of fused-ring (bicyclic) bond motifs is 1. The van der Waals surface area contributed by atoms with Crippen LogP contribution in [0.2, 0.25) is 0 Å². The van der Waals surface area contributed by atoms with Gasteiger partial charge in [-0.2, -0.15) is 0 Å². The van der Waals surface area contributed by atoms with Gasteiger partial charge in [-0.25, -0.2) is 4.79 Å². The standard InChI is InChI=1S/C21H23NO3S/c1-2-14-25-21(24)19-16-10-6-7-11-17(16)26-20(19)22-18(23)13-12-15-8-4-3-5-9-15/h3-5,8-9,12-13H,2,6-7,10-11,14H2,1H3,(H,22,23). The van der Waals surface area contributed by atoms with Gasteiger partial charge in [0.15, 0.2) is 0 Å². The molecule has 1 aromatic carbocycles. The van der Waals surface area contributed by atoms with E-state index in [1.54, 1.807) is 6.08 Å². The zero-order chi connectivity index (χ0) is 18.4. The van der Waals surface area contributed by atoms with Gasteiger partial charge < -0.3 is 10.1 Å². The summed E-state index contributed by atoms with van der Waals surface area (Å²) >= 11 is 1.51. The minimum Gasteiger partial charge on any atom is -0.462 e. The van der Waals surface area contributed by atoms with Gasteiger partial charge in [0.05, 0.1) is 12.2 Å². The molecule has 3 rings (SSSR count). The van der Waals surface area contributed by atoms with Crippen LogP contribution >= 0.6 is 11.3 Å². The van der Waals surface area contributed by atoms with E-state index in [0.29, 0.717) is 17.2 Å². The summed E-state index contributed by atoms with van der Waals surface area (Å²) in [7, 11) is 0. The molecular weight excluding hydrogens is 346 g/mol. The van der Waals surface area contributed by atoms with Gasteiger partial charge in [-0.3, -0.25) is 4.79 Å². The van der Waals surface area contributed by atoms with Crippen molar-refractivity contribution in [1.82, 2.24) is 0 Å². The van der Waals surface area contributed by atoms with Crippen LogP contribution in [0.15, 0.2) is 36.4 Å². The Balaban J connectivity index is 1.80. The Labute approximate surface area is 157 Å². The van der Waals surface area contributed by atoms with Gasteiger partial charge in [-0.1, -0.05) is 37.3 Å². The lowest BCUT2D eigenvalue weighted by molar-refractivity contribution is -0.111. The summed E-state index contributed by atoms with van der Waals surface area (Å²) < 4.78 is 5.35. The highest BCUT2D eigenvalue weighted by molar-refractivity contribution is 7.17. The number of esters is 1. The number of nitrogens with one attached hydrogen (secondary N) is 1. The van der Waals surface area contributed by atoms with E-state index in [-0.39, 0.29) is 11.9 Å². The first-order valence-electron chi connectivity index (χ1n) is 9.04. The molecule has 0 fully saturated rings. The second-order valence-electron chi connectivity index (χ2n) is 6.28. The van der Waals surface area contributed by atoms with Gasteiger partial charge in [-0.15, -0.1) is 11.3 Å². The predicted molar refractivity (Wildman–Crippen MR) is 106 cm³/mol. The van der Waals surface area contributed by atoms with Gasteiger partial charge in [0.1, 0.15) is 5.00 Å². The summed E-state index contributed by atoms with van der Waals surface area (Å²) in [5, 5.41) is 3.50. The molecule has 1 amide bonds. The molecule has 26 heavy (non-hydrogen) atoms. The van der Waals surface area contributed by atoms with Crippen molar-refractivity contribution in [2.45, 2.75) is 39.0 Å². The molecule has 4 nitrogen and oxygen atoms in total. The number of hydrogen-bond donors (Lipinski definition) is 1. The molecule has 2 aromatic rings. The molecule has 0 saturated heterocycles. The molecular formula is C21H23NO3S. The number of amides is 1. The zero-order valence-corrected chi connectivity index (χ0v) is 15.7. The Morgan fingerprint density at radius 1 is 1.19 bits per heavy atom. The van der Waals surface area contributed by atoms with Gasteiger partial charge in [0, 0.05) is 11.0 Å². The molecule has 0 aliphatic heterocycles. The van der Waals surface area contributed by atoms with Crippen molar-refractivity contribution < 1.29 is 14.3 Å². The van der Waals surface area contributed by atoms with Crippen molar-refractivity contribution in [3.05, 3.63) is 58.0 Å². The van der Waals surface area contributed by atoms with Gasteiger partial charge in [-0.05, 0) is 49.3 Å². The highest BCUT2D eigenvalue weighted by Gasteiger charge is 2.26. The molecule has 0 unspecified atom stereocenters. The van der Waals surface area contributed by atoms with Crippen LogP contribution in [-0.2, 0) is 22.4 Å². The first kappa shape index (κ1) is 18.4. The smallest absolute Gasteiger partial charge is 0.341 e. The Bertz CT molecular complexity index is 808. The lowest BCUT2D eigenvalue weighted by Crippen LogP contribution is -2.14. The molecule has 0 bridgehead atoms. The van der Waals surface area contributed by atoms with Crippen LogP contribution in [0.4, 0.5) is 5.00 Å². The van der Waals surface area contributed by atoms with E-state index >= 15 is 0 Å². The maximum absolute atomic E-state index is 12.5. The quantitative estimate of drug-likeness (QED) is 0.585. The number of benzene rings is 1. The van der Waals surface area contributed by atoms with E-state index in [0.717, 1.165) is 43.2 Å². The maximum atomic E-state index is 12.5. The molecule has 1 heterocycles. The summed E-state index contributed by atoms with van der Waals surface area (Å²) in [4.78, 5) is 26.1. The summed E-state index contributed by atoms with van der Waals surface area (Å²) in [6.07, 6.45) is 8.06. The normalized spacial score (nSPS) is 13.4. The van der Waals surface area contributed by atoms with Crippen molar-refractivity contribution >= 4 is 34.3 Å². The number of thiophene rings is 1. The minimum absolute atomic E-state index is 0.239. The lowest BCUT2D eigenvalue weighted by atomic mass is 9.95. The van der Waals surface area contributed by atoms with Crippen molar-refractivity contribution in [1.29, 1.82) is 0 Å². The van der Waals surface area contributed by atoms with Crippen LogP contribution in [0.1, 0.15) is 52.5 Å². The van der Waals surface area contributed by atoms with Crippen LogP contribution in [-0.4, -0.2) is 18.5 Å². The number of rotatable bonds is 6. The topological polar surface area (TPSA) is 55.4 Å². The Morgan fingerprint density at radius 2 is 1.96 bits per heavy atom. The number of hydrogen-bond acceptors (Lipinski definition) is 4. The second kappa shape index (κ2) is 8.81. The fourth-order valence-corrected chi connectivity index (χ4v) is 4.31. The molecule has 1 aliphatic rings. The first-order valence-corrected chi connectivity index (χ1v) is 9.86. The van der Waals surface area contributed by atoms with Crippen LogP contribution in [0.5, 0.6) is 0 Å². The lowest BCUT2D eigenvalue weighted by Gasteiger charge is -2.12. The third-order valence-electron chi connectivity index (χ3n) is 4.28. The van der Waals surface area contributed by atoms with Crippen molar-refractivity contribution in [3.63, 3.8) is 0 Å². The Hall–Kier alpha value is -2.40. The van der Waals surface area contributed by atoms with E-state index in [1.807, 2.05) is 37.3 Å². The molecule has 5 heteroatoms. The number of carbonyl (C=O) groups is 2. The van der Waals surface area contributed by atoms with Crippen LogP contribution < -0.4 is 5.32 Å². The largest absolute Gasteiger partial charge is 0.462 e. The highest BCUT2D eigenvalue weighted by atomic mass is 32.1. The number of aryl methyl sites for hydroxylation is 1. The van der Waals surface area contributed by atoms with Crippen molar-refractivity contribution in [3.8, 4) is 0 Å². The van der Waals surface area contributed by atoms with Crippen molar-refractivity contribution in [2.75, 3.05) is 11.9 Å². The summed E-state index contributed by atoms with van der Waals surface area (Å²) in [6, 6.07) is 9.64. The highest BCUT2D eigenvalue weighted by Crippen LogP contribution is 2.38. The van der Waals surface area contributed by atoms with E-state index in [1.165, 1.54) is 22.3 Å². The van der Waals surface area contributed by atoms with Crippen LogP contribution in [0.3, 0.4) is 0 Å². The predicted octanol–water partition coefficient (Wildman–Crippen LogP) is 4.85. The van der Waals surface area contributed by atoms with Crippen LogP contribution in [0.25, 0.3) is 6.08 Å². The Morgan fingerprint density at radius 3 is 2.73 bits per heavy atom. The number of carbonyl (C=O) groups excluding carboxylic acids is 2. The molecule has 1 aliphatic carbocycles. The molecule has 1 N–H and O–H groups in total. The fraction of sp³-hybridized carbons (Fsp3) is 0.333. The van der Waals surface area contributed by atoms with Gasteiger partial charge >= 0.3 is 5.97 Å². The van der Waals surface area contributed by atoms with E-state index < -0.39 is 0 Å². The summed E-state index contributed by atoms with van der Waals surface area (Å²) in [5.74, 6) is -0.564. The molecule has 1 aromatic heterocycles. The third-order valence-corrected chi connectivity index (χ3v) is 5.48. The molecule has 136 valence electrons. The minimum atomic E-state index is -0.325. The number of anilines is 1. The van der Waals surface area contributed by atoms with E-state index in [9.17, 15) is 9.59 Å². The zero-order valence-electron chi connectivity index (χ0n) is 14.9. The van der Waals surface area contributed by atoms with Crippen LogP contribution in [0, 0.1) is 0 Å². The third kappa shape index (κ3) is 4.41. The monoisotopic (exact) mass is 369 g/mol. The number of ether oxygens (including phenoxy) is 1. The Kier molecular flexibility index (Phi) is 6.23. The van der Waals surface area contributed by atoms with Gasteiger partial charge in [0.2, 0.25) is 5.91 Å². The first-order chi connectivity index (χ1) is 12.7. The average Bonchev–Trinajstić information content (AvgIpc) is 3.03. The average molecular weight is 369 g/mol. The molecule has 0 spiro atoms.